The Hall–Kier alpha value is -8.52. The van der Waals surface area contributed by atoms with Crippen molar-refractivity contribution in [3.8, 4) is 66.8 Å². The summed E-state index contributed by atoms with van der Waals surface area (Å²) < 4.78 is 10.6. The first kappa shape index (κ1) is 61.6. The van der Waals surface area contributed by atoms with Crippen molar-refractivity contribution in [1.82, 2.24) is 19.9 Å². The Morgan fingerprint density at radius 1 is 0.333 bits per heavy atom. The third-order valence-corrected chi connectivity index (χ3v) is 16.3. The molecule has 0 spiro atoms. The van der Waals surface area contributed by atoms with Gasteiger partial charge in [0.25, 0.3) is 0 Å². The summed E-state index contributed by atoms with van der Waals surface area (Å²) in [4.78, 5) is 47.9. The van der Waals surface area contributed by atoms with Crippen LogP contribution in [0.15, 0.2) is 158 Å². The van der Waals surface area contributed by atoms with E-state index in [0.29, 0.717) is 24.3 Å². The zero-order valence-corrected chi connectivity index (χ0v) is 55.8. The maximum atomic E-state index is 12.6. The van der Waals surface area contributed by atoms with Gasteiger partial charge in [-0.25, -0.2) is 19.6 Å². The van der Waals surface area contributed by atoms with Crippen molar-refractivity contribution in [2.75, 3.05) is 13.2 Å². The Labute approximate surface area is 526 Å². The quantitative estimate of drug-likeness (QED) is 0.0985. The molecule has 0 fully saturated rings. The van der Waals surface area contributed by atoms with Crippen LogP contribution in [0.2, 0.25) is 0 Å². The van der Waals surface area contributed by atoms with Crippen LogP contribution in [0.1, 0.15) is 163 Å². The Kier molecular flexibility index (Phi) is 17.0. The predicted octanol–water partition coefficient (Wildman–Crippen LogP) is 19.5. The summed E-state index contributed by atoms with van der Waals surface area (Å²) in [5.74, 6) is -0.675. The van der Waals surface area contributed by atoms with Crippen LogP contribution >= 0.6 is 0 Å². The van der Waals surface area contributed by atoms with Crippen LogP contribution in [0.5, 0.6) is 0 Å². The molecule has 0 N–H and O–H groups in total. The van der Waals surface area contributed by atoms with Gasteiger partial charge < -0.3 is 19.4 Å². The van der Waals surface area contributed by atoms with Crippen molar-refractivity contribution in [2.24, 2.45) is 0 Å². The van der Waals surface area contributed by atoms with E-state index >= 15 is 0 Å². The summed E-state index contributed by atoms with van der Waals surface area (Å²) in [6.45, 7) is 31.5. The van der Waals surface area contributed by atoms with Gasteiger partial charge in [-0.1, -0.05) is 217 Å². The number of aromatic nitrogens is 4. The number of carbonyl (C=O) groups is 2. The van der Waals surface area contributed by atoms with Gasteiger partial charge in [0.2, 0.25) is 0 Å². The number of rotatable bonds is 10. The number of carbonyl (C=O) groups excluding carboxylic acids is 2. The summed E-state index contributed by atoms with van der Waals surface area (Å²) in [7, 11) is 0. The molecule has 8 nitrogen and oxygen atoms in total. The first-order chi connectivity index (χ1) is 40.8. The van der Waals surface area contributed by atoms with Gasteiger partial charge in [-0.2, -0.15) is 0 Å². The topological polar surface area (TPSA) is 107 Å². The molecular formula is C78H76N4O4Zn. The molecule has 11 rings (SSSR count). The molecule has 0 amide bonds. The Morgan fingerprint density at radius 2 is 0.563 bits per heavy atom. The van der Waals surface area contributed by atoms with Crippen molar-refractivity contribution >= 4 is 58.3 Å². The minimum absolute atomic E-state index is 0. The number of esters is 2. The summed E-state index contributed by atoms with van der Waals surface area (Å²) in [5.41, 5.74) is 23.1. The van der Waals surface area contributed by atoms with Gasteiger partial charge in [-0.3, -0.25) is 0 Å². The first-order valence-corrected chi connectivity index (χ1v) is 30.0. The minimum Gasteiger partial charge on any atom is -0.657 e. The molecule has 5 heterocycles. The molecule has 8 bridgehead atoms. The Morgan fingerprint density at radius 3 is 0.805 bits per heavy atom. The second kappa shape index (κ2) is 24.0. The van der Waals surface area contributed by atoms with Crippen molar-refractivity contribution in [3.05, 3.63) is 214 Å². The summed E-state index contributed by atoms with van der Waals surface area (Å²) in [5, 5.41) is 0. The molecule has 0 saturated heterocycles. The minimum atomic E-state index is -0.337. The van der Waals surface area contributed by atoms with Crippen LogP contribution in [0.25, 0.3) is 113 Å². The molecule has 0 atom stereocenters. The standard InChI is InChI=1S/C78H77N4O4.Zn/c1-15-85-73(83)53-29-21-49(22-30-53)47-17-25-51(26-18-47)69-61-33-37-65(79-61)71(55-41-57(75(3,4)5)45-58(42-55)76(6,7)8)67-39-35-63(81-67)70(52-27-19-48(20-28-52)50-23-31-54(32-24-50)74(84)86-16-2)64-36-40-68(82-64)72(66-38-34-62(69)80-66)56-43-59(77(9,10)11)46-60(44-56)78(12,13)14;/h17-46H,15-16H2,1-14H3,(H-,79,80,81,82,83,84);/q-1;+2/p-1. The van der Waals surface area contributed by atoms with E-state index in [2.05, 4.69) is 217 Å². The molecule has 2 aliphatic rings. The Balaban J connectivity index is 0.00000838. The molecule has 87 heavy (non-hydrogen) atoms. The Bertz CT molecular complexity index is 3990. The predicted molar refractivity (Wildman–Crippen MR) is 356 cm³/mol. The second-order valence-corrected chi connectivity index (χ2v) is 26.7. The molecule has 9 aromatic rings. The molecule has 0 radical (unpaired) electrons. The van der Waals surface area contributed by atoms with E-state index < -0.39 is 0 Å². The second-order valence-electron chi connectivity index (χ2n) is 26.7. The number of hydrogen-bond acceptors (Lipinski definition) is 6. The normalized spacial score (nSPS) is 12.5. The fourth-order valence-corrected chi connectivity index (χ4v) is 11.2. The van der Waals surface area contributed by atoms with E-state index in [1.807, 2.05) is 62.4 Å². The van der Waals surface area contributed by atoms with E-state index in [-0.39, 0.29) is 53.1 Å². The van der Waals surface area contributed by atoms with E-state index in [1.54, 1.807) is 0 Å². The van der Waals surface area contributed by atoms with Crippen molar-refractivity contribution < 1.29 is 38.5 Å². The van der Waals surface area contributed by atoms with Gasteiger partial charge in [-0.05, 0) is 173 Å². The third-order valence-electron chi connectivity index (χ3n) is 16.3. The van der Waals surface area contributed by atoms with Crippen molar-refractivity contribution in [2.45, 2.75) is 119 Å². The van der Waals surface area contributed by atoms with Crippen molar-refractivity contribution in [3.63, 3.8) is 0 Å². The third kappa shape index (κ3) is 12.8. The van der Waals surface area contributed by atoms with Crippen LogP contribution < -0.4 is 9.97 Å². The maximum Gasteiger partial charge on any atom is 2.00 e. The van der Waals surface area contributed by atoms with E-state index in [1.165, 1.54) is 22.3 Å². The van der Waals surface area contributed by atoms with Gasteiger partial charge >= 0.3 is 31.4 Å². The van der Waals surface area contributed by atoms with E-state index in [0.717, 1.165) is 112 Å². The summed E-state index contributed by atoms with van der Waals surface area (Å²) in [6.07, 6.45) is 8.53. The average Bonchev–Trinajstić information content (AvgIpc) is 2.38. The van der Waals surface area contributed by atoms with Crippen LogP contribution in [0.4, 0.5) is 0 Å². The van der Waals surface area contributed by atoms with Crippen LogP contribution in [0, 0.1) is 0 Å². The van der Waals surface area contributed by atoms with Gasteiger partial charge in [0, 0.05) is 0 Å². The smallest absolute Gasteiger partial charge is 0.657 e. The number of nitrogens with zero attached hydrogens (tertiary/aromatic N) is 4. The number of benzene rings is 6. The summed E-state index contributed by atoms with van der Waals surface area (Å²) >= 11 is 0. The number of fused-ring (bicyclic) bond motifs is 8. The van der Waals surface area contributed by atoms with Crippen LogP contribution in [-0.2, 0) is 50.6 Å². The molecule has 0 aliphatic carbocycles. The number of hydrogen-bond donors (Lipinski definition) is 0. The molecule has 434 valence electrons. The van der Waals surface area contributed by atoms with Crippen molar-refractivity contribution in [1.29, 1.82) is 0 Å². The van der Waals surface area contributed by atoms with Gasteiger partial charge in [0.1, 0.15) is 0 Å². The van der Waals surface area contributed by atoms with E-state index in [4.69, 9.17) is 29.4 Å². The molecule has 3 aromatic heterocycles. The van der Waals surface area contributed by atoms with Gasteiger partial charge in [0.05, 0.1) is 47.1 Å². The summed E-state index contributed by atoms with van der Waals surface area (Å²) in [6, 6.07) is 54.7. The fraction of sp³-hybridized carbons (Fsp3) is 0.256. The molecule has 2 aliphatic heterocycles. The monoisotopic (exact) mass is 1200 g/mol. The van der Waals surface area contributed by atoms with E-state index in [9.17, 15) is 9.59 Å². The zero-order chi connectivity index (χ0) is 61.0. The average molecular weight is 1200 g/mol. The van der Waals surface area contributed by atoms with Crippen LogP contribution in [-0.4, -0.2) is 35.1 Å². The molecule has 0 saturated carbocycles. The molecular weight excluding hydrogens is 1120 g/mol. The maximum absolute atomic E-state index is 12.6. The van der Waals surface area contributed by atoms with Crippen LogP contribution in [0.3, 0.4) is 0 Å². The van der Waals surface area contributed by atoms with Gasteiger partial charge in [-0.15, -0.1) is 22.1 Å². The SMILES string of the molecule is CCOC(=O)c1ccc(-c2ccc(-c3c4nc(c(-c5cc(C(C)(C)C)cc(C(C)(C)C)c5)c5ccc([n-]5)c(-c5ccc(-c6ccc(C(=O)OCC)cc6)cc5)c5nc(c(-c6cc(C(C)(C)C)cc(C(C)(C)C)c6)c6ccc3[n-]6)C=C5)C=C4)cc2)cc1.[Zn+2]. The molecule has 9 heteroatoms. The zero-order valence-electron chi connectivity index (χ0n) is 52.9. The molecule has 0 unspecified atom stereocenters. The largest absolute Gasteiger partial charge is 2.00 e. The first-order valence-electron chi connectivity index (χ1n) is 30.0. The fourth-order valence-electron chi connectivity index (χ4n) is 11.2. The molecule has 6 aromatic carbocycles. The number of ether oxygens (including phenoxy) is 2. The van der Waals surface area contributed by atoms with Gasteiger partial charge in [0.15, 0.2) is 0 Å².